The molecule has 2 aromatic rings. The SMILES string of the molecule is CC[C@H](NC(=O)[C@H]1C[C@H]1c1cccc(F)c1)c1ccccc1O. The van der Waals surface area contributed by atoms with E-state index in [1.807, 2.05) is 25.1 Å². The summed E-state index contributed by atoms with van der Waals surface area (Å²) in [6.45, 7) is 1.97. The number of nitrogens with one attached hydrogen (secondary N) is 1. The van der Waals surface area contributed by atoms with E-state index in [-0.39, 0.29) is 35.4 Å². The first-order valence-corrected chi connectivity index (χ1v) is 7.94. The minimum absolute atomic E-state index is 0.0330. The van der Waals surface area contributed by atoms with Crippen molar-refractivity contribution in [3.63, 3.8) is 0 Å². The van der Waals surface area contributed by atoms with Crippen LogP contribution in [0.4, 0.5) is 4.39 Å². The van der Waals surface area contributed by atoms with Gasteiger partial charge in [-0.15, -0.1) is 0 Å². The minimum atomic E-state index is -0.269. The number of phenolic OH excluding ortho intramolecular Hbond substituents is 1. The number of phenols is 1. The maximum atomic E-state index is 13.3. The summed E-state index contributed by atoms with van der Waals surface area (Å²) in [5, 5.41) is 13.0. The second kappa shape index (κ2) is 6.41. The molecule has 0 saturated heterocycles. The predicted molar refractivity (Wildman–Crippen MR) is 86.5 cm³/mol. The normalized spacial score (nSPS) is 20.8. The Bertz CT molecular complexity index is 716. The van der Waals surface area contributed by atoms with Crippen molar-refractivity contribution in [2.24, 2.45) is 5.92 Å². The van der Waals surface area contributed by atoms with Gasteiger partial charge in [0.05, 0.1) is 6.04 Å². The number of amides is 1. The van der Waals surface area contributed by atoms with Crippen LogP contribution in [0.3, 0.4) is 0 Å². The van der Waals surface area contributed by atoms with Gasteiger partial charge in [0, 0.05) is 11.5 Å². The Morgan fingerprint density at radius 1 is 1.30 bits per heavy atom. The number of carbonyl (C=O) groups is 1. The van der Waals surface area contributed by atoms with Gasteiger partial charge in [0.15, 0.2) is 0 Å². The van der Waals surface area contributed by atoms with E-state index in [4.69, 9.17) is 0 Å². The molecular formula is C19H20FNO2. The van der Waals surface area contributed by atoms with Crippen LogP contribution in [-0.2, 0) is 4.79 Å². The molecule has 3 rings (SSSR count). The second-order valence-electron chi connectivity index (χ2n) is 6.03. The number of para-hydroxylation sites is 1. The van der Waals surface area contributed by atoms with Gasteiger partial charge in [-0.25, -0.2) is 4.39 Å². The van der Waals surface area contributed by atoms with Gasteiger partial charge < -0.3 is 10.4 Å². The number of rotatable bonds is 5. The number of hydrogen-bond donors (Lipinski definition) is 2. The molecule has 4 heteroatoms. The molecule has 1 fully saturated rings. The number of aromatic hydroxyl groups is 1. The van der Waals surface area contributed by atoms with Gasteiger partial charge in [-0.05, 0) is 42.5 Å². The van der Waals surface area contributed by atoms with E-state index in [1.165, 1.54) is 12.1 Å². The second-order valence-corrected chi connectivity index (χ2v) is 6.03. The summed E-state index contributed by atoms with van der Waals surface area (Å²) < 4.78 is 13.3. The summed E-state index contributed by atoms with van der Waals surface area (Å²) in [5.74, 6) is -0.134. The van der Waals surface area contributed by atoms with E-state index in [2.05, 4.69) is 5.32 Å². The molecular weight excluding hydrogens is 293 g/mol. The van der Waals surface area contributed by atoms with Crippen LogP contribution in [0.25, 0.3) is 0 Å². The van der Waals surface area contributed by atoms with Gasteiger partial charge in [0.2, 0.25) is 5.91 Å². The third-order valence-corrected chi connectivity index (χ3v) is 4.44. The lowest BCUT2D eigenvalue weighted by Gasteiger charge is -2.18. The summed E-state index contributed by atoms with van der Waals surface area (Å²) in [5.41, 5.74) is 1.60. The molecule has 0 aromatic heterocycles. The molecule has 1 aliphatic rings. The molecule has 3 atom stereocenters. The lowest BCUT2D eigenvalue weighted by molar-refractivity contribution is -0.123. The van der Waals surface area contributed by atoms with Crippen LogP contribution < -0.4 is 5.32 Å². The molecule has 2 N–H and O–H groups in total. The summed E-state index contributed by atoms with van der Waals surface area (Å²) in [6, 6.07) is 13.3. The fraction of sp³-hybridized carbons (Fsp3) is 0.316. The molecule has 1 saturated carbocycles. The summed E-state index contributed by atoms with van der Waals surface area (Å²) in [7, 11) is 0. The molecule has 0 bridgehead atoms. The lowest BCUT2D eigenvalue weighted by Crippen LogP contribution is -2.29. The average Bonchev–Trinajstić information content (AvgIpc) is 3.34. The first-order valence-electron chi connectivity index (χ1n) is 7.94. The summed E-state index contributed by atoms with van der Waals surface area (Å²) >= 11 is 0. The largest absolute Gasteiger partial charge is 0.508 e. The molecule has 1 amide bonds. The molecule has 120 valence electrons. The van der Waals surface area contributed by atoms with Crippen LogP contribution in [0, 0.1) is 11.7 Å². The van der Waals surface area contributed by atoms with Gasteiger partial charge in [-0.3, -0.25) is 4.79 Å². The minimum Gasteiger partial charge on any atom is -0.508 e. The Morgan fingerprint density at radius 2 is 2.09 bits per heavy atom. The van der Waals surface area contributed by atoms with Gasteiger partial charge in [0.25, 0.3) is 0 Å². The van der Waals surface area contributed by atoms with Crippen molar-refractivity contribution in [3.05, 3.63) is 65.5 Å². The van der Waals surface area contributed by atoms with Crippen LogP contribution in [-0.4, -0.2) is 11.0 Å². The highest BCUT2D eigenvalue weighted by molar-refractivity contribution is 5.83. The van der Waals surface area contributed by atoms with E-state index >= 15 is 0 Å². The highest BCUT2D eigenvalue weighted by Crippen LogP contribution is 2.48. The molecule has 0 spiro atoms. The van der Waals surface area contributed by atoms with Crippen molar-refractivity contribution in [2.45, 2.75) is 31.7 Å². The van der Waals surface area contributed by atoms with Gasteiger partial charge in [-0.1, -0.05) is 37.3 Å². The van der Waals surface area contributed by atoms with Crippen molar-refractivity contribution < 1.29 is 14.3 Å². The zero-order valence-electron chi connectivity index (χ0n) is 13.0. The topological polar surface area (TPSA) is 49.3 Å². The zero-order chi connectivity index (χ0) is 16.4. The third-order valence-electron chi connectivity index (χ3n) is 4.44. The summed E-state index contributed by atoms with van der Waals surface area (Å²) in [4.78, 5) is 12.4. The number of halogens is 1. The van der Waals surface area contributed by atoms with E-state index in [9.17, 15) is 14.3 Å². The Morgan fingerprint density at radius 3 is 2.78 bits per heavy atom. The quantitative estimate of drug-likeness (QED) is 0.879. The fourth-order valence-corrected chi connectivity index (χ4v) is 3.05. The lowest BCUT2D eigenvalue weighted by atomic mass is 10.0. The van der Waals surface area contributed by atoms with E-state index in [0.717, 1.165) is 17.5 Å². The smallest absolute Gasteiger partial charge is 0.224 e. The average molecular weight is 313 g/mol. The Labute approximate surface area is 135 Å². The van der Waals surface area contributed by atoms with Gasteiger partial charge >= 0.3 is 0 Å². The summed E-state index contributed by atoms with van der Waals surface area (Å²) in [6.07, 6.45) is 1.44. The Hall–Kier alpha value is -2.36. The van der Waals surface area contributed by atoms with E-state index < -0.39 is 0 Å². The number of benzene rings is 2. The van der Waals surface area contributed by atoms with Crippen molar-refractivity contribution in [2.75, 3.05) is 0 Å². The van der Waals surface area contributed by atoms with E-state index in [1.54, 1.807) is 18.2 Å². The molecule has 0 heterocycles. The predicted octanol–water partition coefficient (Wildman–Crippen LogP) is 3.90. The van der Waals surface area contributed by atoms with Crippen LogP contribution in [0.15, 0.2) is 48.5 Å². The first kappa shape index (κ1) is 15.5. The molecule has 0 unspecified atom stereocenters. The van der Waals surface area contributed by atoms with Crippen molar-refractivity contribution >= 4 is 5.91 Å². The maximum Gasteiger partial charge on any atom is 0.224 e. The Kier molecular flexibility index (Phi) is 4.33. The molecule has 23 heavy (non-hydrogen) atoms. The number of carbonyl (C=O) groups excluding carboxylic acids is 1. The van der Waals surface area contributed by atoms with Crippen LogP contribution >= 0.6 is 0 Å². The molecule has 3 nitrogen and oxygen atoms in total. The zero-order valence-corrected chi connectivity index (χ0v) is 13.0. The van der Waals surface area contributed by atoms with E-state index in [0.29, 0.717) is 6.42 Å². The number of hydrogen-bond acceptors (Lipinski definition) is 2. The standard InChI is InChI=1S/C19H20FNO2/c1-2-17(14-8-3-4-9-18(14)22)21-19(23)16-11-15(16)12-6-5-7-13(20)10-12/h3-10,15-17,22H,2,11H2,1H3,(H,21,23)/t15-,16-,17-/m0/s1. The molecule has 0 radical (unpaired) electrons. The van der Waals surface area contributed by atoms with Gasteiger partial charge in [0.1, 0.15) is 11.6 Å². The van der Waals surface area contributed by atoms with Crippen LogP contribution in [0.2, 0.25) is 0 Å². The highest BCUT2D eigenvalue weighted by atomic mass is 19.1. The van der Waals surface area contributed by atoms with Crippen LogP contribution in [0.5, 0.6) is 5.75 Å². The van der Waals surface area contributed by atoms with Crippen LogP contribution in [0.1, 0.15) is 42.9 Å². The molecule has 1 aliphatic carbocycles. The monoisotopic (exact) mass is 313 g/mol. The van der Waals surface area contributed by atoms with Crippen molar-refractivity contribution in [1.82, 2.24) is 5.32 Å². The Balaban J connectivity index is 1.67. The van der Waals surface area contributed by atoms with Crippen molar-refractivity contribution in [3.8, 4) is 5.75 Å². The van der Waals surface area contributed by atoms with Gasteiger partial charge in [-0.2, -0.15) is 0 Å². The molecule has 0 aliphatic heterocycles. The fourth-order valence-electron chi connectivity index (χ4n) is 3.05. The highest BCUT2D eigenvalue weighted by Gasteiger charge is 2.44. The first-order chi connectivity index (χ1) is 11.1. The molecule has 2 aromatic carbocycles. The third kappa shape index (κ3) is 3.36. The van der Waals surface area contributed by atoms with Crippen molar-refractivity contribution in [1.29, 1.82) is 0 Å². The maximum absolute atomic E-state index is 13.3.